The van der Waals surface area contributed by atoms with Crippen molar-refractivity contribution in [2.75, 3.05) is 12.8 Å². The Balaban J connectivity index is 2.62. The van der Waals surface area contributed by atoms with Crippen LogP contribution in [0.25, 0.3) is 0 Å². The molecule has 18 heavy (non-hydrogen) atoms. The van der Waals surface area contributed by atoms with E-state index in [1.165, 1.54) is 0 Å². The van der Waals surface area contributed by atoms with Gasteiger partial charge in [-0.05, 0) is 45.7 Å². The second-order valence-corrected chi connectivity index (χ2v) is 17.5. The SMILES string of the molecule is C[Si](C)(C)OP(CN1CCCC1=O)O[Si](C)(C)C. The fraction of sp³-hybridized carbons (Fsp3) is 0.909. The number of carbonyl (C=O) groups is 1. The van der Waals surface area contributed by atoms with E-state index in [4.69, 9.17) is 8.43 Å². The maximum atomic E-state index is 11.7. The molecule has 0 aromatic heterocycles. The number of hydrogen-bond acceptors (Lipinski definition) is 3. The number of amides is 1. The zero-order valence-electron chi connectivity index (χ0n) is 12.4. The molecule has 0 aromatic rings. The first kappa shape index (κ1) is 16.3. The van der Waals surface area contributed by atoms with Crippen LogP contribution in [-0.4, -0.2) is 40.3 Å². The van der Waals surface area contributed by atoms with Gasteiger partial charge in [0.05, 0.1) is 6.29 Å². The molecule has 0 spiro atoms. The van der Waals surface area contributed by atoms with E-state index in [-0.39, 0.29) is 5.91 Å². The van der Waals surface area contributed by atoms with Crippen molar-refractivity contribution in [3.63, 3.8) is 0 Å². The maximum Gasteiger partial charge on any atom is 0.223 e. The van der Waals surface area contributed by atoms with Crippen molar-refractivity contribution in [1.82, 2.24) is 4.90 Å². The summed E-state index contributed by atoms with van der Waals surface area (Å²) in [6.07, 6.45) is 2.31. The van der Waals surface area contributed by atoms with Gasteiger partial charge >= 0.3 is 0 Å². The van der Waals surface area contributed by atoms with Gasteiger partial charge in [0, 0.05) is 13.0 Å². The molecule has 0 unspecified atom stereocenters. The van der Waals surface area contributed by atoms with Gasteiger partial charge in [0.1, 0.15) is 0 Å². The van der Waals surface area contributed by atoms with Gasteiger partial charge in [-0.3, -0.25) is 4.79 Å². The van der Waals surface area contributed by atoms with E-state index >= 15 is 0 Å². The zero-order chi connectivity index (χ0) is 14.0. The zero-order valence-corrected chi connectivity index (χ0v) is 15.3. The minimum atomic E-state index is -1.63. The Kier molecular flexibility index (Phi) is 5.56. The average molecular weight is 307 g/mol. The molecule has 4 nitrogen and oxygen atoms in total. The lowest BCUT2D eigenvalue weighted by Gasteiger charge is -2.32. The molecule has 1 aliphatic rings. The molecule has 0 saturated carbocycles. The Bertz CT molecular complexity index is 286. The highest BCUT2D eigenvalue weighted by molar-refractivity contribution is 7.50. The fourth-order valence-corrected chi connectivity index (χ4v) is 8.09. The number of rotatable bonds is 6. The summed E-state index contributed by atoms with van der Waals surface area (Å²) < 4.78 is 12.3. The van der Waals surface area contributed by atoms with Crippen molar-refractivity contribution in [3.8, 4) is 0 Å². The van der Waals surface area contributed by atoms with Crippen molar-refractivity contribution in [2.45, 2.75) is 52.1 Å². The summed E-state index contributed by atoms with van der Waals surface area (Å²) in [5.74, 6) is 0.251. The predicted octanol–water partition coefficient (Wildman–Crippen LogP) is 3.58. The van der Waals surface area contributed by atoms with Crippen molar-refractivity contribution in [2.24, 2.45) is 0 Å². The van der Waals surface area contributed by atoms with Gasteiger partial charge in [-0.1, -0.05) is 0 Å². The highest BCUT2D eigenvalue weighted by Crippen LogP contribution is 2.45. The summed E-state index contributed by atoms with van der Waals surface area (Å²) in [5.41, 5.74) is 0. The molecule has 0 atom stereocenters. The highest BCUT2D eigenvalue weighted by Gasteiger charge is 2.31. The van der Waals surface area contributed by atoms with Crippen LogP contribution >= 0.6 is 8.38 Å². The Morgan fingerprint density at radius 1 is 1.11 bits per heavy atom. The van der Waals surface area contributed by atoms with Crippen LogP contribution in [0, 0.1) is 0 Å². The topological polar surface area (TPSA) is 38.8 Å². The third-order valence-corrected chi connectivity index (χ3v) is 8.79. The van der Waals surface area contributed by atoms with Gasteiger partial charge in [-0.25, -0.2) is 0 Å². The van der Waals surface area contributed by atoms with Crippen LogP contribution in [0.5, 0.6) is 0 Å². The van der Waals surface area contributed by atoms with Crippen LogP contribution in [0.1, 0.15) is 12.8 Å². The molecule has 1 fully saturated rings. The maximum absolute atomic E-state index is 11.7. The molecular weight excluding hydrogens is 281 g/mol. The summed E-state index contributed by atoms with van der Waals surface area (Å²) in [7, 11) is -4.20. The summed E-state index contributed by atoms with van der Waals surface area (Å²) in [6, 6.07) is 0. The van der Waals surface area contributed by atoms with Crippen LogP contribution in [0.3, 0.4) is 0 Å². The number of carbonyl (C=O) groups excluding carboxylic acids is 1. The lowest BCUT2D eigenvalue weighted by Crippen LogP contribution is -2.33. The van der Waals surface area contributed by atoms with Crippen molar-refractivity contribution in [1.29, 1.82) is 0 Å². The molecule has 0 aromatic carbocycles. The van der Waals surface area contributed by atoms with E-state index < -0.39 is 25.0 Å². The molecule has 1 heterocycles. The first-order valence-electron chi connectivity index (χ1n) is 6.50. The Hall–Kier alpha value is 0.254. The van der Waals surface area contributed by atoms with E-state index in [2.05, 4.69) is 39.3 Å². The summed E-state index contributed by atoms with van der Waals surface area (Å²) in [6.45, 7) is 13.9. The average Bonchev–Trinajstić information content (AvgIpc) is 2.45. The first-order valence-corrected chi connectivity index (χ1v) is 14.7. The second-order valence-electron chi connectivity index (χ2n) is 6.64. The van der Waals surface area contributed by atoms with Crippen LogP contribution in [-0.2, 0) is 13.2 Å². The Morgan fingerprint density at radius 3 is 1.94 bits per heavy atom. The van der Waals surface area contributed by atoms with E-state index in [0.29, 0.717) is 12.7 Å². The van der Waals surface area contributed by atoms with Gasteiger partial charge in [0.15, 0.2) is 25.0 Å². The molecule has 0 bridgehead atoms. The number of hydrogen-bond donors (Lipinski definition) is 0. The van der Waals surface area contributed by atoms with E-state index in [1.807, 2.05) is 4.90 Å². The lowest BCUT2D eigenvalue weighted by atomic mass is 10.4. The summed E-state index contributed by atoms with van der Waals surface area (Å²) in [4.78, 5) is 13.6. The van der Waals surface area contributed by atoms with Gasteiger partial charge in [-0.15, -0.1) is 0 Å². The van der Waals surface area contributed by atoms with Gasteiger partial charge in [-0.2, -0.15) is 0 Å². The molecule has 1 aliphatic heterocycles. The van der Waals surface area contributed by atoms with E-state index in [0.717, 1.165) is 13.0 Å². The third kappa shape index (κ3) is 6.43. The monoisotopic (exact) mass is 307 g/mol. The fourth-order valence-electron chi connectivity index (χ4n) is 1.68. The molecule has 0 radical (unpaired) electrons. The molecule has 0 aliphatic carbocycles. The molecule has 1 amide bonds. The first-order chi connectivity index (χ1) is 8.07. The number of likely N-dealkylation sites (tertiary alicyclic amines) is 1. The minimum absolute atomic E-state index is 0.251. The molecule has 1 saturated heterocycles. The minimum Gasteiger partial charge on any atom is -0.375 e. The van der Waals surface area contributed by atoms with Crippen LogP contribution in [0.15, 0.2) is 0 Å². The Labute approximate surface area is 114 Å². The molecule has 0 N–H and O–H groups in total. The summed E-state index contributed by atoms with van der Waals surface area (Å²) >= 11 is 0. The van der Waals surface area contributed by atoms with Gasteiger partial charge < -0.3 is 13.3 Å². The van der Waals surface area contributed by atoms with Crippen LogP contribution in [0.2, 0.25) is 39.3 Å². The van der Waals surface area contributed by atoms with Crippen molar-refractivity contribution in [3.05, 3.63) is 0 Å². The van der Waals surface area contributed by atoms with E-state index in [9.17, 15) is 4.79 Å². The summed E-state index contributed by atoms with van der Waals surface area (Å²) in [5, 5.41) is 0. The predicted molar refractivity (Wildman–Crippen MR) is 81.6 cm³/mol. The Morgan fingerprint density at radius 2 is 1.61 bits per heavy atom. The number of nitrogens with zero attached hydrogens (tertiary/aromatic N) is 1. The van der Waals surface area contributed by atoms with Crippen molar-refractivity contribution < 1.29 is 13.2 Å². The molecular formula is C11H26NO3PSi2. The second kappa shape index (κ2) is 6.14. The smallest absolute Gasteiger partial charge is 0.223 e. The highest BCUT2D eigenvalue weighted by atomic mass is 31.2. The molecule has 1 rings (SSSR count). The largest absolute Gasteiger partial charge is 0.375 e. The quantitative estimate of drug-likeness (QED) is 0.556. The van der Waals surface area contributed by atoms with Crippen LogP contribution < -0.4 is 0 Å². The van der Waals surface area contributed by atoms with Gasteiger partial charge in [0.25, 0.3) is 0 Å². The van der Waals surface area contributed by atoms with Crippen molar-refractivity contribution >= 4 is 30.9 Å². The molecule has 7 heteroatoms. The van der Waals surface area contributed by atoms with Crippen LogP contribution in [0.4, 0.5) is 0 Å². The lowest BCUT2D eigenvalue weighted by molar-refractivity contribution is -0.127. The molecule has 106 valence electrons. The normalized spacial score (nSPS) is 17.9. The standard InChI is InChI=1S/C11H26NO3PSi2/c1-17(2,3)14-16(15-18(4,5)6)10-12-9-7-8-11(12)13/h7-10H2,1-6H3. The van der Waals surface area contributed by atoms with E-state index in [1.54, 1.807) is 0 Å². The third-order valence-electron chi connectivity index (χ3n) is 2.21. The van der Waals surface area contributed by atoms with Gasteiger partial charge in [0.2, 0.25) is 5.91 Å².